The molecule has 0 fully saturated rings. The zero-order valence-electron chi connectivity index (χ0n) is 14.7. The van der Waals surface area contributed by atoms with E-state index in [1.807, 2.05) is 41.8 Å². The molecule has 142 valence electrons. The summed E-state index contributed by atoms with van der Waals surface area (Å²) in [7, 11) is 0. The summed E-state index contributed by atoms with van der Waals surface area (Å²) >= 11 is 7.57. The number of amides is 1. The molecule has 0 aliphatic carbocycles. The lowest BCUT2D eigenvalue weighted by Gasteiger charge is -2.08. The molecule has 0 saturated carbocycles. The predicted molar refractivity (Wildman–Crippen MR) is 109 cm³/mol. The second-order valence-corrected chi connectivity index (χ2v) is 7.24. The molecule has 0 aliphatic heterocycles. The fourth-order valence-electron chi connectivity index (χ4n) is 2.60. The number of fused-ring (bicyclic) bond motifs is 1. The number of hydrogen-bond donors (Lipinski definition) is 2. The second-order valence-electron chi connectivity index (χ2n) is 5.94. The summed E-state index contributed by atoms with van der Waals surface area (Å²) in [6.45, 7) is 0.547. The van der Waals surface area contributed by atoms with Crippen LogP contribution in [0.5, 0.6) is 0 Å². The van der Waals surface area contributed by atoms with E-state index >= 15 is 0 Å². The van der Waals surface area contributed by atoms with Crippen molar-refractivity contribution in [1.29, 1.82) is 0 Å². The van der Waals surface area contributed by atoms with E-state index in [0.717, 1.165) is 5.56 Å². The van der Waals surface area contributed by atoms with Crippen LogP contribution in [0.3, 0.4) is 0 Å². The summed E-state index contributed by atoms with van der Waals surface area (Å²) in [6, 6.07) is 11.3. The predicted octanol–water partition coefficient (Wildman–Crippen LogP) is 3.42. The average molecular weight is 414 g/mol. The molecule has 0 unspecified atom stereocenters. The number of anilines is 2. The molecule has 28 heavy (non-hydrogen) atoms. The molecule has 1 amide bonds. The van der Waals surface area contributed by atoms with Gasteiger partial charge < -0.3 is 10.6 Å². The van der Waals surface area contributed by atoms with Gasteiger partial charge in [0.1, 0.15) is 5.82 Å². The van der Waals surface area contributed by atoms with Crippen molar-refractivity contribution < 1.29 is 4.79 Å². The van der Waals surface area contributed by atoms with E-state index in [1.54, 1.807) is 10.7 Å². The molecule has 0 saturated heterocycles. The lowest BCUT2D eigenvalue weighted by molar-refractivity contribution is -0.116. The maximum Gasteiger partial charge on any atom is 0.226 e. The lowest BCUT2D eigenvalue weighted by atomic mass is 10.2. The van der Waals surface area contributed by atoms with Gasteiger partial charge in [0.2, 0.25) is 5.91 Å². The Morgan fingerprint density at radius 1 is 1.18 bits per heavy atom. The lowest BCUT2D eigenvalue weighted by Crippen LogP contribution is -2.13. The van der Waals surface area contributed by atoms with E-state index in [9.17, 15) is 4.79 Å². The summed E-state index contributed by atoms with van der Waals surface area (Å²) < 4.78 is 1.64. The largest absolute Gasteiger partial charge is 0.364 e. The highest BCUT2D eigenvalue weighted by Crippen LogP contribution is 2.17. The van der Waals surface area contributed by atoms with Crippen LogP contribution < -0.4 is 10.6 Å². The molecule has 8 nitrogen and oxygen atoms in total. The first-order valence-electron chi connectivity index (χ1n) is 8.57. The van der Waals surface area contributed by atoms with Crippen LogP contribution in [0.4, 0.5) is 10.9 Å². The number of aryl methyl sites for hydroxylation is 1. The zero-order chi connectivity index (χ0) is 19.3. The highest BCUT2D eigenvalue weighted by atomic mass is 35.5. The Labute approximate surface area is 169 Å². The average Bonchev–Trinajstić information content (AvgIpc) is 3.35. The minimum absolute atomic E-state index is 0.125. The smallest absolute Gasteiger partial charge is 0.226 e. The van der Waals surface area contributed by atoms with Crippen molar-refractivity contribution in [3.8, 4) is 0 Å². The summed E-state index contributed by atoms with van der Waals surface area (Å²) in [6.07, 6.45) is 2.33. The van der Waals surface area contributed by atoms with E-state index in [2.05, 4.69) is 30.9 Å². The molecule has 0 bridgehead atoms. The molecule has 0 radical (unpaired) electrons. The van der Waals surface area contributed by atoms with Gasteiger partial charge in [-0.15, -0.1) is 26.6 Å². The summed E-state index contributed by atoms with van der Waals surface area (Å²) in [4.78, 5) is 16.1. The van der Waals surface area contributed by atoms with E-state index in [0.29, 0.717) is 40.4 Å². The van der Waals surface area contributed by atoms with Crippen molar-refractivity contribution in [2.24, 2.45) is 0 Å². The van der Waals surface area contributed by atoms with Crippen LogP contribution in [0.1, 0.15) is 17.8 Å². The van der Waals surface area contributed by atoms with Crippen LogP contribution in [-0.2, 0) is 17.8 Å². The Morgan fingerprint density at radius 3 is 2.89 bits per heavy atom. The van der Waals surface area contributed by atoms with Gasteiger partial charge in [-0.1, -0.05) is 29.8 Å². The summed E-state index contributed by atoms with van der Waals surface area (Å²) in [5, 5.41) is 21.9. The van der Waals surface area contributed by atoms with E-state index < -0.39 is 0 Å². The van der Waals surface area contributed by atoms with Gasteiger partial charge in [-0.25, -0.2) is 4.98 Å². The fourth-order valence-corrected chi connectivity index (χ4v) is 3.35. The van der Waals surface area contributed by atoms with Crippen molar-refractivity contribution in [3.05, 3.63) is 64.4 Å². The van der Waals surface area contributed by atoms with Crippen molar-refractivity contribution in [2.45, 2.75) is 19.4 Å². The Kier molecular flexibility index (Phi) is 5.45. The normalized spacial score (nSPS) is 10.9. The first-order chi connectivity index (χ1) is 13.7. The first kappa shape index (κ1) is 18.3. The molecule has 0 spiro atoms. The second kappa shape index (κ2) is 8.32. The first-order valence-corrected chi connectivity index (χ1v) is 9.83. The number of benzene rings is 1. The van der Waals surface area contributed by atoms with E-state index in [-0.39, 0.29) is 12.3 Å². The van der Waals surface area contributed by atoms with Gasteiger partial charge in [0.05, 0.1) is 0 Å². The molecule has 2 N–H and O–H groups in total. The Bertz CT molecular complexity index is 1100. The highest BCUT2D eigenvalue weighted by molar-refractivity contribution is 7.13. The van der Waals surface area contributed by atoms with Crippen LogP contribution in [0.2, 0.25) is 5.02 Å². The number of rotatable bonds is 7. The van der Waals surface area contributed by atoms with Gasteiger partial charge in [0.25, 0.3) is 0 Å². The van der Waals surface area contributed by atoms with Crippen molar-refractivity contribution in [1.82, 2.24) is 24.8 Å². The van der Waals surface area contributed by atoms with Crippen LogP contribution in [0, 0.1) is 0 Å². The van der Waals surface area contributed by atoms with Crippen LogP contribution in [0.25, 0.3) is 5.65 Å². The number of carbonyl (C=O) groups excluding carboxylic acids is 1. The van der Waals surface area contributed by atoms with Crippen LogP contribution >= 0.6 is 22.9 Å². The topological polar surface area (TPSA) is 97.1 Å². The maximum absolute atomic E-state index is 12.1. The molecular weight excluding hydrogens is 398 g/mol. The third-order valence-electron chi connectivity index (χ3n) is 4.00. The molecule has 4 aromatic rings. The summed E-state index contributed by atoms with van der Waals surface area (Å²) in [5.74, 6) is 1.16. The van der Waals surface area contributed by atoms with Gasteiger partial charge in [0.15, 0.2) is 16.6 Å². The third kappa shape index (κ3) is 4.26. The quantitative estimate of drug-likeness (QED) is 0.482. The standard InChI is InChI=1S/C18H16ClN7OS/c19-13-4-2-1-3-12(13)11-21-14-5-6-15-23-24-16(26(15)25-14)7-8-17(27)22-18-20-9-10-28-18/h1-6,9-10H,7-8,11H2,(H,21,25)(H,20,22,27). The molecule has 3 heterocycles. The number of halogens is 1. The number of aromatic nitrogens is 5. The molecule has 0 aliphatic rings. The van der Waals surface area contributed by atoms with Crippen LogP contribution in [0.15, 0.2) is 48.0 Å². The highest BCUT2D eigenvalue weighted by Gasteiger charge is 2.11. The molecule has 0 atom stereocenters. The Morgan fingerprint density at radius 2 is 2.07 bits per heavy atom. The van der Waals surface area contributed by atoms with E-state index in [4.69, 9.17) is 11.6 Å². The molecular formula is C18H16ClN7OS. The van der Waals surface area contributed by atoms with Gasteiger partial charge in [-0.3, -0.25) is 4.79 Å². The minimum atomic E-state index is -0.125. The molecule has 3 aromatic heterocycles. The SMILES string of the molecule is O=C(CCc1nnc2ccc(NCc3ccccc3Cl)nn12)Nc1nccs1. The molecule has 10 heteroatoms. The Balaban J connectivity index is 1.42. The molecule has 4 rings (SSSR count). The number of carbonyl (C=O) groups is 1. The van der Waals surface area contributed by atoms with Gasteiger partial charge in [-0.2, -0.15) is 4.52 Å². The van der Waals surface area contributed by atoms with Gasteiger partial charge in [-0.05, 0) is 23.8 Å². The monoisotopic (exact) mass is 413 g/mol. The van der Waals surface area contributed by atoms with Crippen molar-refractivity contribution in [2.75, 3.05) is 10.6 Å². The van der Waals surface area contributed by atoms with Crippen molar-refractivity contribution in [3.63, 3.8) is 0 Å². The number of thiazole rings is 1. The van der Waals surface area contributed by atoms with Crippen molar-refractivity contribution >= 4 is 45.4 Å². The van der Waals surface area contributed by atoms with Crippen LogP contribution in [-0.4, -0.2) is 30.7 Å². The number of hydrogen-bond acceptors (Lipinski definition) is 7. The minimum Gasteiger partial charge on any atom is -0.364 e. The molecule has 1 aromatic carbocycles. The van der Waals surface area contributed by atoms with Gasteiger partial charge >= 0.3 is 0 Å². The number of nitrogens with zero attached hydrogens (tertiary/aromatic N) is 5. The van der Waals surface area contributed by atoms with Gasteiger partial charge in [0, 0.05) is 36.0 Å². The number of nitrogens with one attached hydrogen (secondary N) is 2. The fraction of sp³-hybridized carbons (Fsp3) is 0.167. The third-order valence-corrected chi connectivity index (χ3v) is 5.06. The summed E-state index contributed by atoms with van der Waals surface area (Å²) in [5.41, 5.74) is 1.60. The zero-order valence-corrected chi connectivity index (χ0v) is 16.2. The maximum atomic E-state index is 12.1. The Hall–Kier alpha value is -3.04. The van der Waals surface area contributed by atoms with E-state index in [1.165, 1.54) is 11.3 Å².